The minimum absolute atomic E-state index is 0.0386. The van der Waals surface area contributed by atoms with Gasteiger partial charge in [-0.05, 0) is 58.4 Å². The third-order valence-electron chi connectivity index (χ3n) is 6.56. The molecule has 0 saturated carbocycles. The van der Waals surface area contributed by atoms with Gasteiger partial charge in [-0.2, -0.15) is 0 Å². The number of fused-ring (bicyclic) bond motifs is 4. The fraction of sp³-hybridized carbons (Fsp3) is 0.417. The molecule has 1 saturated heterocycles. The Morgan fingerprint density at radius 1 is 1.24 bits per heavy atom. The lowest BCUT2D eigenvalue weighted by atomic mass is 9.88. The van der Waals surface area contributed by atoms with Crippen molar-refractivity contribution in [1.29, 1.82) is 0 Å². The van der Waals surface area contributed by atoms with E-state index >= 15 is 0 Å². The molecule has 2 aliphatic heterocycles. The van der Waals surface area contributed by atoms with Crippen molar-refractivity contribution >= 4 is 17.5 Å². The number of amides is 2. The highest BCUT2D eigenvalue weighted by Gasteiger charge is 2.51. The molecule has 5 heterocycles. The molecule has 1 N–H and O–H groups in total. The van der Waals surface area contributed by atoms with Gasteiger partial charge in [0, 0.05) is 31.5 Å². The van der Waals surface area contributed by atoms with E-state index in [1.54, 1.807) is 20.0 Å². The molecule has 9 nitrogen and oxygen atoms in total. The molecule has 3 aromatic rings. The van der Waals surface area contributed by atoms with Crippen molar-refractivity contribution in [2.24, 2.45) is 0 Å². The van der Waals surface area contributed by atoms with Gasteiger partial charge in [-0.3, -0.25) is 9.59 Å². The summed E-state index contributed by atoms with van der Waals surface area (Å²) in [5, 5.41) is 6.96. The first kappa shape index (κ1) is 21.2. The summed E-state index contributed by atoms with van der Waals surface area (Å²) >= 11 is 0. The second-order valence-electron chi connectivity index (χ2n) is 9.13. The quantitative estimate of drug-likeness (QED) is 0.659. The van der Waals surface area contributed by atoms with E-state index in [4.69, 9.17) is 4.52 Å². The van der Waals surface area contributed by atoms with Crippen molar-refractivity contribution < 1.29 is 14.1 Å². The van der Waals surface area contributed by atoms with Crippen molar-refractivity contribution in [2.75, 3.05) is 24.5 Å². The van der Waals surface area contributed by atoms with Crippen LogP contribution in [-0.2, 0) is 10.3 Å². The molecule has 9 heteroatoms. The zero-order valence-electron chi connectivity index (χ0n) is 19.3. The van der Waals surface area contributed by atoms with Crippen LogP contribution in [0.1, 0.15) is 47.8 Å². The van der Waals surface area contributed by atoms with Crippen LogP contribution in [0.4, 0.5) is 5.69 Å². The van der Waals surface area contributed by atoms with E-state index in [0.717, 1.165) is 17.2 Å². The van der Waals surface area contributed by atoms with Crippen LogP contribution < -0.4 is 10.2 Å². The Hall–Kier alpha value is -3.62. The highest BCUT2D eigenvalue weighted by atomic mass is 16.5. The summed E-state index contributed by atoms with van der Waals surface area (Å²) < 4.78 is 7.32. The van der Waals surface area contributed by atoms with E-state index in [1.807, 2.05) is 43.1 Å². The molecule has 2 amide bonds. The smallest absolute Gasteiger partial charge is 0.259 e. The maximum absolute atomic E-state index is 13.5. The molecule has 0 bridgehead atoms. The van der Waals surface area contributed by atoms with E-state index < -0.39 is 5.54 Å². The average molecular weight is 449 g/mol. The molecule has 5 rings (SSSR count). The minimum Gasteiger partial charge on any atom is -0.361 e. The number of pyridine rings is 1. The fourth-order valence-corrected chi connectivity index (χ4v) is 5.19. The summed E-state index contributed by atoms with van der Waals surface area (Å²) in [4.78, 5) is 35.0. The first-order chi connectivity index (χ1) is 15.8. The first-order valence-electron chi connectivity index (χ1n) is 11.2. The van der Waals surface area contributed by atoms with Crippen molar-refractivity contribution in [3.05, 3.63) is 59.4 Å². The number of aryl methyl sites for hydroxylation is 2. The molecule has 1 spiro atoms. The van der Waals surface area contributed by atoms with Gasteiger partial charge in [0.25, 0.3) is 5.91 Å². The van der Waals surface area contributed by atoms with Crippen molar-refractivity contribution in [3.8, 4) is 5.82 Å². The van der Waals surface area contributed by atoms with Crippen LogP contribution in [0.5, 0.6) is 0 Å². The number of rotatable bonds is 4. The normalized spacial score (nSPS) is 19.2. The Labute approximate surface area is 192 Å². The van der Waals surface area contributed by atoms with Gasteiger partial charge in [0.2, 0.25) is 5.91 Å². The maximum atomic E-state index is 13.5. The molecule has 2 aliphatic rings. The van der Waals surface area contributed by atoms with Crippen molar-refractivity contribution in [1.82, 2.24) is 24.9 Å². The lowest BCUT2D eigenvalue weighted by Crippen LogP contribution is -2.56. The van der Waals surface area contributed by atoms with Crippen molar-refractivity contribution in [3.63, 3.8) is 0 Å². The Morgan fingerprint density at radius 2 is 2.06 bits per heavy atom. The van der Waals surface area contributed by atoms with Gasteiger partial charge >= 0.3 is 0 Å². The molecular formula is C24H28N6O3. The summed E-state index contributed by atoms with van der Waals surface area (Å²) in [7, 11) is 0. The Kier molecular flexibility index (Phi) is 4.99. The monoisotopic (exact) mass is 448 g/mol. The zero-order chi connectivity index (χ0) is 23.3. The van der Waals surface area contributed by atoms with Gasteiger partial charge < -0.3 is 24.2 Å². The molecule has 3 aromatic heterocycles. The predicted molar refractivity (Wildman–Crippen MR) is 122 cm³/mol. The number of carbonyl (C=O) groups is 2. The fourth-order valence-electron chi connectivity index (χ4n) is 5.19. The van der Waals surface area contributed by atoms with E-state index in [1.165, 1.54) is 0 Å². The third-order valence-corrected chi connectivity index (χ3v) is 6.56. The van der Waals surface area contributed by atoms with Crippen LogP contribution in [0.25, 0.3) is 5.82 Å². The van der Waals surface area contributed by atoms with Gasteiger partial charge in [-0.1, -0.05) is 5.16 Å². The summed E-state index contributed by atoms with van der Waals surface area (Å²) in [6.07, 6.45) is 4.44. The third kappa shape index (κ3) is 3.30. The molecule has 1 fully saturated rings. The first-order valence-corrected chi connectivity index (χ1v) is 11.2. The predicted octanol–water partition coefficient (Wildman–Crippen LogP) is 2.56. The average Bonchev–Trinajstić information content (AvgIpc) is 3.50. The van der Waals surface area contributed by atoms with Crippen LogP contribution in [-0.4, -0.2) is 57.1 Å². The van der Waals surface area contributed by atoms with E-state index in [9.17, 15) is 9.59 Å². The Bertz CT molecular complexity index is 1210. The molecule has 0 unspecified atom stereocenters. The molecule has 0 aromatic carbocycles. The molecular weight excluding hydrogens is 420 g/mol. The Balaban J connectivity index is 1.57. The molecule has 172 valence electrons. The van der Waals surface area contributed by atoms with Crippen LogP contribution in [0.2, 0.25) is 0 Å². The number of hydrogen-bond donors (Lipinski definition) is 1. The van der Waals surface area contributed by atoms with Crippen LogP contribution in [0.3, 0.4) is 0 Å². The second kappa shape index (κ2) is 7.75. The largest absolute Gasteiger partial charge is 0.361 e. The highest BCUT2D eigenvalue weighted by Crippen LogP contribution is 2.47. The molecule has 33 heavy (non-hydrogen) atoms. The summed E-state index contributed by atoms with van der Waals surface area (Å²) in [6.45, 7) is 8.62. The number of hydrogen-bond acceptors (Lipinski definition) is 6. The molecule has 1 atom stereocenters. The molecule has 0 aliphatic carbocycles. The lowest BCUT2D eigenvalue weighted by Gasteiger charge is -2.46. The number of aromatic nitrogens is 3. The van der Waals surface area contributed by atoms with Crippen LogP contribution >= 0.6 is 0 Å². The lowest BCUT2D eigenvalue weighted by molar-refractivity contribution is -0.120. The highest BCUT2D eigenvalue weighted by molar-refractivity contribution is 5.96. The molecule has 0 radical (unpaired) electrons. The maximum Gasteiger partial charge on any atom is 0.259 e. The van der Waals surface area contributed by atoms with Crippen LogP contribution in [0.15, 0.2) is 41.2 Å². The zero-order valence-corrected chi connectivity index (χ0v) is 19.3. The minimum atomic E-state index is -0.553. The van der Waals surface area contributed by atoms with Gasteiger partial charge in [0.1, 0.15) is 16.9 Å². The van der Waals surface area contributed by atoms with Gasteiger partial charge in [-0.15, -0.1) is 0 Å². The van der Waals surface area contributed by atoms with E-state index in [-0.39, 0.29) is 24.4 Å². The van der Waals surface area contributed by atoms with Crippen LogP contribution in [0, 0.1) is 13.8 Å². The number of carbonyl (C=O) groups excluding carboxylic acids is 2. The van der Waals surface area contributed by atoms with Gasteiger partial charge in [0.05, 0.1) is 23.6 Å². The van der Waals surface area contributed by atoms with Crippen molar-refractivity contribution in [2.45, 2.75) is 45.7 Å². The van der Waals surface area contributed by atoms with Gasteiger partial charge in [0.15, 0.2) is 5.82 Å². The summed E-state index contributed by atoms with van der Waals surface area (Å²) in [5.41, 5.74) is 2.46. The van der Waals surface area contributed by atoms with E-state index in [2.05, 4.69) is 31.0 Å². The standard InChI is InChI=1S/C24H28N6O3/c1-15(2)26-20(31)13-30-18-7-5-10-25-22(18)29-11-6-8-19(29)24(30)9-12-28(14-24)23(32)21-16(3)27-33-17(21)4/h5-8,10-11,15H,9,12-14H2,1-4H3,(H,26,31)/t24-/m0/s1. The number of anilines is 1. The number of nitrogens with one attached hydrogen (secondary N) is 1. The topological polar surface area (TPSA) is 96.5 Å². The van der Waals surface area contributed by atoms with E-state index in [0.29, 0.717) is 36.5 Å². The SMILES string of the molecule is Cc1noc(C)c1C(=O)N1CC[C@]2(C1)c1cccn1-c1ncccc1N2CC(=O)NC(C)C. The summed E-state index contributed by atoms with van der Waals surface area (Å²) in [5.74, 6) is 1.16. The Morgan fingerprint density at radius 3 is 2.79 bits per heavy atom. The second-order valence-corrected chi connectivity index (χ2v) is 9.13. The number of likely N-dealkylation sites (tertiary alicyclic amines) is 1. The number of nitrogens with zero attached hydrogens (tertiary/aromatic N) is 5. The summed E-state index contributed by atoms with van der Waals surface area (Å²) in [6, 6.07) is 7.97. The van der Waals surface area contributed by atoms with Gasteiger partial charge in [-0.25, -0.2) is 4.98 Å².